The fraction of sp³-hybridized carbons (Fsp3) is 0.667. The summed E-state index contributed by atoms with van der Waals surface area (Å²) in [5.74, 6) is 0.626. The molecule has 1 aromatic heterocycles. The van der Waals surface area contributed by atoms with Gasteiger partial charge in [-0.15, -0.1) is 0 Å². The maximum atomic E-state index is 12.6. The molecule has 1 atom stereocenters. The highest BCUT2D eigenvalue weighted by Gasteiger charge is 2.38. The lowest BCUT2D eigenvalue weighted by atomic mass is 9.77. The van der Waals surface area contributed by atoms with Gasteiger partial charge in [0.05, 0.1) is 12.6 Å². The van der Waals surface area contributed by atoms with Crippen LogP contribution in [0.15, 0.2) is 10.6 Å². The third-order valence-corrected chi connectivity index (χ3v) is 4.03. The molecule has 2 heterocycles. The molecule has 2 amide bonds. The Balaban J connectivity index is 1.91. The molecule has 0 spiro atoms. The summed E-state index contributed by atoms with van der Waals surface area (Å²) in [7, 11) is 1.64. The number of likely N-dealkylation sites (N-methyl/N-ethyl adjacent to an activating group) is 1. The van der Waals surface area contributed by atoms with Gasteiger partial charge in [0.15, 0.2) is 5.82 Å². The van der Waals surface area contributed by atoms with Crippen LogP contribution in [0, 0.1) is 12.3 Å². The van der Waals surface area contributed by atoms with E-state index in [1.165, 1.54) is 4.90 Å². The second-order valence-corrected chi connectivity index (χ2v) is 6.54. The maximum absolute atomic E-state index is 12.6. The molecule has 0 aromatic carbocycles. The summed E-state index contributed by atoms with van der Waals surface area (Å²) in [4.78, 5) is 26.0. The highest BCUT2D eigenvalue weighted by molar-refractivity contribution is 5.94. The first-order valence-electron chi connectivity index (χ1n) is 7.51. The molecule has 1 aromatic rings. The summed E-state index contributed by atoms with van der Waals surface area (Å²) in [5, 5.41) is 9.58. The third-order valence-electron chi connectivity index (χ3n) is 4.03. The second kappa shape index (κ2) is 6.48. The molecule has 7 heteroatoms. The SMILES string of the molecule is Cc1cc(NC(=O)CN(C)C(=O)C2NCCCC2(C)C)no1. The Labute approximate surface area is 130 Å². The van der Waals surface area contributed by atoms with Crippen molar-refractivity contribution in [2.75, 3.05) is 25.5 Å². The van der Waals surface area contributed by atoms with Gasteiger partial charge in [0.1, 0.15) is 5.76 Å². The smallest absolute Gasteiger partial charge is 0.245 e. The fourth-order valence-corrected chi connectivity index (χ4v) is 2.75. The van der Waals surface area contributed by atoms with E-state index in [9.17, 15) is 9.59 Å². The van der Waals surface area contributed by atoms with Gasteiger partial charge in [-0.05, 0) is 31.7 Å². The van der Waals surface area contributed by atoms with E-state index in [1.54, 1.807) is 20.0 Å². The van der Waals surface area contributed by atoms with Gasteiger partial charge in [-0.2, -0.15) is 0 Å². The highest BCUT2D eigenvalue weighted by Crippen LogP contribution is 2.30. The van der Waals surface area contributed by atoms with E-state index in [0.29, 0.717) is 11.6 Å². The van der Waals surface area contributed by atoms with Crippen LogP contribution in [0.4, 0.5) is 5.82 Å². The van der Waals surface area contributed by atoms with Crippen LogP contribution in [-0.2, 0) is 9.59 Å². The number of carbonyl (C=O) groups excluding carboxylic acids is 2. The van der Waals surface area contributed by atoms with Crippen LogP contribution < -0.4 is 10.6 Å². The first kappa shape index (κ1) is 16.5. The van der Waals surface area contributed by atoms with Crippen molar-refractivity contribution in [3.63, 3.8) is 0 Å². The molecule has 1 saturated heterocycles. The second-order valence-electron chi connectivity index (χ2n) is 6.54. The number of piperidine rings is 1. The summed E-state index contributed by atoms with van der Waals surface area (Å²) < 4.78 is 4.89. The molecule has 22 heavy (non-hydrogen) atoms. The zero-order valence-electron chi connectivity index (χ0n) is 13.6. The van der Waals surface area contributed by atoms with Crippen LogP contribution in [0.5, 0.6) is 0 Å². The van der Waals surface area contributed by atoms with Crippen LogP contribution >= 0.6 is 0 Å². The van der Waals surface area contributed by atoms with Crippen molar-refractivity contribution >= 4 is 17.6 Å². The van der Waals surface area contributed by atoms with Gasteiger partial charge in [0, 0.05) is 13.1 Å². The Morgan fingerprint density at radius 2 is 2.27 bits per heavy atom. The van der Waals surface area contributed by atoms with Crippen LogP contribution in [0.2, 0.25) is 0 Å². The lowest BCUT2D eigenvalue weighted by molar-refractivity contribution is -0.138. The van der Waals surface area contributed by atoms with Crippen LogP contribution in [-0.4, -0.2) is 48.0 Å². The molecular formula is C15H24N4O3. The minimum atomic E-state index is -0.294. The number of nitrogens with one attached hydrogen (secondary N) is 2. The molecule has 2 rings (SSSR count). The van der Waals surface area contributed by atoms with Crippen molar-refractivity contribution in [1.82, 2.24) is 15.4 Å². The first-order chi connectivity index (χ1) is 10.3. The molecule has 122 valence electrons. The van der Waals surface area contributed by atoms with Crippen LogP contribution in [0.25, 0.3) is 0 Å². The van der Waals surface area contributed by atoms with Gasteiger partial charge in [0.25, 0.3) is 0 Å². The minimum absolute atomic E-state index is 0.0149. The zero-order chi connectivity index (χ0) is 16.3. The van der Waals surface area contributed by atoms with E-state index >= 15 is 0 Å². The van der Waals surface area contributed by atoms with Crippen LogP contribution in [0.3, 0.4) is 0 Å². The van der Waals surface area contributed by atoms with Crippen LogP contribution in [0.1, 0.15) is 32.4 Å². The molecule has 1 fully saturated rings. The predicted octanol–water partition coefficient (Wildman–Crippen LogP) is 1.16. The summed E-state index contributed by atoms with van der Waals surface area (Å²) >= 11 is 0. The van der Waals surface area contributed by atoms with Crippen molar-refractivity contribution < 1.29 is 14.1 Å². The van der Waals surface area contributed by atoms with E-state index < -0.39 is 0 Å². The number of hydrogen-bond donors (Lipinski definition) is 2. The number of aromatic nitrogens is 1. The topological polar surface area (TPSA) is 87.5 Å². The number of rotatable bonds is 4. The quantitative estimate of drug-likeness (QED) is 0.871. The first-order valence-corrected chi connectivity index (χ1v) is 7.51. The van der Waals surface area contributed by atoms with E-state index in [2.05, 4.69) is 29.6 Å². The summed E-state index contributed by atoms with van der Waals surface area (Å²) in [6.45, 7) is 6.72. The van der Waals surface area contributed by atoms with Gasteiger partial charge in [-0.25, -0.2) is 0 Å². The molecule has 0 bridgehead atoms. The van der Waals surface area contributed by atoms with E-state index in [-0.39, 0.29) is 29.8 Å². The average molecular weight is 308 g/mol. The Bertz CT molecular complexity index is 553. The van der Waals surface area contributed by atoms with Crippen molar-refractivity contribution in [2.45, 2.75) is 39.7 Å². The molecule has 0 saturated carbocycles. The number of aryl methyl sites for hydroxylation is 1. The zero-order valence-corrected chi connectivity index (χ0v) is 13.6. The Kier molecular flexibility index (Phi) is 4.85. The summed E-state index contributed by atoms with van der Waals surface area (Å²) in [6.07, 6.45) is 2.06. The number of amides is 2. The third kappa shape index (κ3) is 3.85. The Morgan fingerprint density at radius 1 is 1.55 bits per heavy atom. The minimum Gasteiger partial charge on any atom is -0.360 e. The summed E-state index contributed by atoms with van der Waals surface area (Å²) in [6, 6.07) is 1.37. The van der Waals surface area contributed by atoms with Crippen molar-refractivity contribution in [3.05, 3.63) is 11.8 Å². The monoisotopic (exact) mass is 308 g/mol. The van der Waals surface area contributed by atoms with Crippen molar-refractivity contribution in [3.8, 4) is 0 Å². The van der Waals surface area contributed by atoms with Crippen molar-refractivity contribution in [1.29, 1.82) is 0 Å². The lowest BCUT2D eigenvalue weighted by Crippen LogP contribution is -2.56. The van der Waals surface area contributed by atoms with Gasteiger partial charge >= 0.3 is 0 Å². The fourth-order valence-electron chi connectivity index (χ4n) is 2.75. The van der Waals surface area contributed by atoms with E-state index in [0.717, 1.165) is 19.4 Å². The molecule has 1 unspecified atom stereocenters. The molecule has 1 aliphatic heterocycles. The number of nitrogens with zero attached hydrogens (tertiary/aromatic N) is 2. The molecule has 7 nitrogen and oxygen atoms in total. The molecule has 0 aliphatic carbocycles. The van der Waals surface area contributed by atoms with Gasteiger partial charge in [-0.3, -0.25) is 9.59 Å². The average Bonchev–Trinajstić information content (AvgIpc) is 2.82. The highest BCUT2D eigenvalue weighted by atomic mass is 16.5. The molecule has 0 radical (unpaired) electrons. The number of hydrogen-bond acceptors (Lipinski definition) is 5. The molecular weight excluding hydrogens is 284 g/mol. The van der Waals surface area contributed by atoms with E-state index in [1.807, 2.05) is 0 Å². The summed E-state index contributed by atoms with van der Waals surface area (Å²) in [5.41, 5.74) is -0.108. The maximum Gasteiger partial charge on any atom is 0.245 e. The molecule has 2 N–H and O–H groups in total. The largest absolute Gasteiger partial charge is 0.360 e. The van der Waals surface area contributed by atoms with Gasteiger partial charge in [0.2, 0.25) is 11.8 Å². The van der Waals surface area contributed by atoms with Gasteiger partial charge in [-0.1, -0.05) is 19.0 Å². The normalized spacial score (nSPS) is 20.5. The lowest BCUT2D eigenvalue weighted by Gasteiger charge is -2.39. The Hall–Kier alpha value is -1.89. The number of anilines is 1. The standard InChI is InChI=1S/C15H24N4O3/c1-10-8-11(18-22-10)17-12(20)9-19(4)14(21)13-15(2,3)6-5-7-16-13/h8,13,16H,5-7,9H2,1-4H3,(H,17,18,20). The predicted molar refractivity (Wildman–Crippen MR) is 82.3 cm³/mol. The van der Waals surface area contributed by atoms with E-state index in [4.69, 9.17) is 4.52 Å². The molecule has 1 aliphatic rings. The van der Waals surface area contributed by atoms with Crippen molar-refractivity contribution in [2.24, 2.45) is 5.41 Å². The van der Waals surface area contributed by atoms with Gasteiger partial charge < -0.3 is 20.1 Å². The number of carbonyl (C=O) groups is 2. The Morgan fingerprint density at radius 3 is 2.86 bits per heavy atom.